The van der Waals surface area contributed by atoms with Gasteiger partial charge < -0.3 is 33.9 Å². The number of rotatable bonds is 17. The molecule has 0 aliphatic carbocycles. The van der Waals surface area contributed by atoms with Crippen molar-refractivity contribution in [3.63, 3.8) is 0 Å². The quantitative estimate of drug-likeness (QED) is 0.0816. The van der Waals surface area contributed by atoms with Crippen molar-refractivity contribution in [3.8, 4) is 75.4 Å². The van der Waals surface area contributed by atoms with E-state index < -0.39 is 83.2 Å². The van der Waals surface area contributed by atoms with Gasteiger partial charge in [-0.25, -0.2) is 16.8 Å². The fraction of sp³-hybridized carbons (Fsp3) is 0.114. The third-order valence-corrected chi connectivity index (χ3v) is 18.6. The van der Waals surface area contributed by atoms with E-state index in [1.165, 1.54) is 98.1 Å². The maximum Gasteiger partial charge on any atom is 0.411 e. The Morgan fingerprint density at radius 2 is 0.598 bits per heavy atom. The topological polar surface area (TPSA) is 202 Å². The Morgan fingerprint density at radius 3 is 0.887 bits per heavy atom. The van der Waals surface area contributed by atoms with Crippen molar-refractivity contribution in [3.05, 3.63) is 269 Å². The Hall–Kier alpha value is -11.2. The van der Waals surface area contributed by atoms with E-state index in [0.29, 0.717) is 65.6 Å². The maximum absolute atomic E-state index is 14.9. The van der Waals surface area contributed by atoms with E-state index in [9.17, 15) is 90.3 Å². The minimum Gasteiger partial charge on any atom is -0.508 e. The summed E-state index contributed by atoms with van der Waals surface area (Å²) in [6.45, 7) is 1.82. The number of halogens is 12. The van der Waals surface area contributed by atoms with Crippen LogP contribution >= 0.6 is 0 Å². The molecule has 498 valence electrons. The van der Waals surface area contributed by atoms with Crippen molar-refractivity contribution in [2.45, 2.75) is 62.0 Å². The first-order valence-corrected chi connectivity index (χ1v) is 30.9. The molecule has 27 heteroatoms. The van der Waals surface area contributed by atoms with Crippen LogP contribution in [0, 0.1) is 29.6 Å². The number of aryl methyl sites for hydroxylation is 1. The molecule has 0 aromatic heterocycles. The van der Waals surface area contributed by atoms with Crippen molar-refractivity contribution in [1.82, 2.24) is 0 Å². The van der Waals surface area contributed by atoms with E-state index in [0.717, 1.165) is 78.4 Å². The molecule has 0 heterocycles. The first-order chi connectivity index (χ1) is 45.7. The zero-order valence-electron chi connectivity index (χ0n) is 49.8. The van der Waals surface area contributed by atoms with Crippen LogP contribution in [0.2, 0.25) is 0 Å². The van der Waals surface area contributed by atoms with Crippen LogP contribution in [0.1, 0.15) is 38.9 Å². The molecule has 0 saturated heterocycles. The second-order valence-electron chi connectivity index (χ2n) is 20.9. The summed E-state index contributed by atoms with van der Waals surface area (Å²) < 4.78 is 256. The van der Waals surface area contributed by atoms with Crippen LogP contribution in [0.3, 0.4) is 0 Å². The Labute approximate surface area is 545 Å². The number of benzene rings is 10. The molecular weight excluding hydrogens is 1340 g/mol. The van der Waals surface area contributed by atoms with Crippen LogP contribution in [-0.4, -0.2) is 58.9 Å². The van der Waals surface area contributed by atoms with Gasteiger partial charge in [-0.3, -0.25) is 0 Å². The van der Waals surface area contributed by atoms with E-state index in [4.69, 9.17) is 23.7 Å². The molecule has 2 N–H and O–H groups in total. The lowest BCUT2D eigenvalue weighted by Crippen LogP contribution is -2.54. The number of ether oxygens (including phenoxy) is 5. The van der Waals surface area contributed by atoms with Crippen LogP contribution in [0.25, 0.3) is 0 Å². The second-order valence-corrected chi connectivity index (χ2v) is 24.8. The SMILES string of the molecule is COc1ccc(C(c2ccc(Oc3ccc(S(=O)(=O)c4ccc(Oc5ccc(C(c6ccc(Oc7cccc(O)c7C#N)cc6)(C(F)(F)F)C(F)(F)F)cc5)cc4)cc3)cc2)(C(F)(F)F)C(F)(F)F)cc1.Cc1cccc(Oc2ccc(S(=O)(=O)c3ccc(O)cc3)cc2)c1C#N. The highest BCUT2D eigenvalue weighted by atomic mass is 32.2. The van der Waals surface area contributed by atoms with E-state index in [2.05, 4.69) is 6.07 Å². The normalized spacial score (nSPS) is 12.2. The van der Waals surface area contributed by atoms with Crippen LogP contribution in [0.15, 0.2) is 250 Å². The lowest BCUT2D eigenvalue weighted by molar-refractivity contribution is -0.290. The van der Waals surface area contributed by atoms with Crippen molar-refractivity contribution in [2.24, 2.45) is 0 Å². The lowest BCUT2D eigenvalue weighted by atomic mass is 9.73. The largest absolute Gasteiger partial charge is 0.508 e. The maximum atomic E-state index is 14.9. The van der Waals surface area contributed by atoms with Gasteiger partial charge in [-0.05, 0) is 199 Å². The van der Waals surface area contributed by atoms with Crippen LogP contribution in [0.4, 0.5) is 52.7 Å². The van der Waals surface area contributed by atoms with Gasteiger partial charge in [-0.15, -0.1) is 0 Å². The van der Waals surface area contributed by atoms with Crippen molar-refractivity contribution in [2.75, 3.05) is 7.11 Å². The summed E-state index contributed by atoms with van der Waals surface area (Å²) in [5.74, 6) is -0.576. The van der Waals surface area contributed by atoms with E-state index in [1.54, 1.807) is 18.2 Å². The molecule has 0 aliphatic rings. The fourth-order valence-electron chi connectivity index (χ4n) is 10.2. The minimum absolute atomic E-state index is 0.000788. The summed E-state index contributed by atoms with van der Waals surface area (Å²) in [5.41, 5.74) is -12.8. The van der Waals surface area contributed by atoms with Gasteiger partial charge >= 0.3 is 24.7 Å². The zero-order valence-corrected chi connectivity index (χ0v) is 51.4. The Kier molecular flexibility index (Phi) is 19.7. The number of phenolic OH excluding ortho intramolecular Hbond substituents is 2. The molecule has 10 rings (SSSR count). The summed E-state index contributed by atoms with van der Waals surface area (Å²) in [6.07, 6.45) is -23.6. The van der Waals surface area contributed by atoms with E-state index >= 15 is 0 Å². The lowest BCUT2D eigenvalue weighted by Gasteiger charge is -2.38. The van der Waals surface area contributed by atoms with Gasteiger partial charge in [0.15, 0.2) is 0 Å². The fourth-order valence-corrected chi connectivity index (χ4v) is 12.7. The Bertz CT molecular complexity index is 4750. The molecule has 0 bridgehead atoms. The monoisotopic (exact) mass is 1380 g/mol. The van der Waals surface area contributed by atoms with Gasteiger partial charge in [-0.1, -0.05) is 66.7 Å². The van der Waals surface area contributed by atoms with Crippen molar-refractivity contribution >= 4 is 19.7 Å². The number of sulfone groups is 2. The number of nitrogens with zero attached hydrogens (tertiary/aromatic N) is 2. The molecule has 0 unspecified atom stereocenters. The summed E-state index contributed by atoms with van der Waals surface area (Å²) in [5, 5.41) is 37.7. The molecule has 0 fully saturated rings. The second kappa shape index (κ2) is 27.3. The number of phenols is 2. The molecular formula is C70H46F12N2O11S2. The van der Waals surface area contributed by atoms with Gasteiger partial charge in [-0.2, -0.15) is 63.2 Å². The molecule has 0 radical (unpaired) electrons. The molecule has 10 aromatic rings. The standard InChI is InChI=1S/C50H31F12NO7S.C20H15NO4S/c1-67-34-13-5-30(6-14-34)45(47(51,52)53,48(54,55)56)31-7-15-35(16-8-31)68-37-21-25-40(26-22-37)71(65,66)41-27-23-38(24-28-41)69-36-17-9-32(10-18-36)46(49(57,58)59,50(60,61)62)33-11-19-39(20-12-33)70-44-4-2-3-43(64)42(44)29-63;1-14-3-2-4-20(19(14)13-21)25-16-7-11-18(12-8-16)26(23,24)17-9-5-15(22)6-10-17/h2-28,64H,1H3;2-12,22H,1H3. The summed E-state index contributed by atoms with van der Waals surface area (Å²) in [6, 6.07) is 45.2. The summed E-state index contributed by atoms with van der Waals surface area (Å²) in [7, 11) is -6.77. The number of alkyl halides is 12. The highest BCUT2D eigenvalue weighted by Gasteiger charge is 2.73. The number of hydrogen-bond acceptors (Lipinski definition) is 13. The molecule has 13 nitrogen and oxygen atoms in total. The number of hydrogen-bond donors (Lipinski definition) is 2. The average Bonchev–Trinajstić information content (AvgIpc) is 0.723. The average molecular weight is 1380 g/mol. The molecule has 0 amide bonds. The molecule has 10 aromatic carbocycles. The summed E-state index contributed by atoms with van der Waals surface area (Å²) >= 11 is 0. The van der Waals surface area contributed by atoms with Gasteiger partial charge in [0.2, 0.25) is 30.5 Å². The molecule has 0 spiro atoms. The smallest absolute Gasteiger partial charge is 0.411 e. The number of methoxy groups -OCH3 is 1. The Morgan fingerprint density at radius 1 is 0.340 bits per heavy atom. The van der Waals surface area contributed by atoms with Gasteiger partial charge in [0.05, 0.1) is 32.3 Å². The van der Waals surface area contributed by atoms with Crippen LogP contribution in [0.5, 0.6) is 63.2 Å². The summed E-state index contributed by atoms with van der Waals surface area (Å²) in [4.78, 5) is -0.369. The van der Waals surface area contributed by atoms with Crippen LogP contribution in [-0.2, 0) is 30.5 Å². The van der Waals surface area contributed by atoms with Crippen LogP contribution < -0.4 is 23.7 Å². The van der Waals surface area contributed by atoms with E-state index in [-0.39, 0.29) is 71.1 Å². The van der Waals surface area contributed by atoms with E-state index in [1.807, 2.05) is 13.0 Å². The van der Waals surface area contributed by atoms with Crippen molar-refractivity contribution in [1.29, 1.82) is 10.5 Å². The van der Waals surface area contributed by atoms with Gasteiger partial charge in [0, 0.05) is 0 Å². The first-order valence-electron chi connectivity index (χ1n) is 27.9. The Balaban J connectivity index is 0.000000352. The number of aromatic hydroxyl groups is 2. The molecule has 0 saturated carbocycles. The minimum atomic E-state index is -5.95. The molecule has 0 aliphatic heterocycles. The predicted molar refractivity (Wildman–Crippen MR) is 325 cm³/mol. The van der Waals surface area contributed by atoms with Gasteiger partial charge in [0.25, 0.3) is 0 Å². The highest BCUT2D eigenvalue weighted by molar-refractivity contribution is 7.91. The van der Waals surface area contributed by atoms with Gasteiger partial charge in [0.1, 0.15) is 80.9 Å². The molecule has 0 atom stereocenters. The first kappa shape index (κ1) is 70.2. The number of nitriles is 2. The zero-order chi connectivity index (χ0) is 70.5. The third-order valence-electron chi connectivity index (χ3n) is 15.0. The highest BCUT2D eigenvalue weighted by Crippen LogP contribution is 2.58. The molecule has 97 heavy (non-hydrogen) atoms. The third kappa shape index (κ3) is 14.2. The predicted octanol–water partition coefficient (Wildman–Crippen LogP) is 18.5. The van der Waals surface area contributed by atoms with Crippen molar-refractivity contribution < 1.29 is 103 Å².